The van der Waals surface area contributed by atoms with Gasteiger partial charge in [-0.2, -0.15) is 0 Å². The van der Waals surface area contributed by atoms with Gasteiger partial charge in [-0.3, -0.25) is 4.40 Å². The van der Waals surface area contributed by atoms with Gasteiger partial charge in [0.15, 0.2) is 5.65 Å². The Morgan fingerprint density at radius 3 is 2.89 bits per heavy atom. The van der Waals surface area contributed by atoms with Gasteiger partial charge in [0.25, 0.3) is 6.43 Å². The van der Waals surface area contributed by atoms with Crippen LogP contribution >= 0.6 is 0 Å². The second-order valence-electron chi connectivity index (χ2n) is 3.77. The van der Waals surface area contributed by atoms with Crippen LogP contribution in [-0.2, 0) is 4.74 Å². The Labute approximate surface area is 102 Å². The first-order chi connectivity index (χ1) is 8.54. The monoisotopic (exact) mass is 254 g/mol. The van der Waals surface area contributed by atoms with Crippen LogP contribution < -0.4 is 0 Å². The summed E-state index contributed by atoms with van der Waals surface area (Å²) in [6.45, 7) is 3.51. The molecule has 18 heavy (non-hydrogen) atoms. The minimum atomic E-state index is -2.63. The van der Waals surface area contributed by atoms with Crippen molar-refractivity contribution < 1.29 is 18.3 Å². The lowest BCUT2D eigenvalue weighted by atomic mass is 10.3. The van der Waals surface area contributed by atoms with E-state index in [1.807, 2.05) is 0 Å². The van der Waals surface area contributed by atoms with Crippen molar-refractivity contribution in [3.05, 3.63) is 35.3 Å². The smallest absolute Gasteiger partial charge is 0.341 e. The molecule has 0 atom stereocenters. The van der Waals surface area contributed by atoms with Crippen molar-refractivity contribution in [3.63, 3.8) is 0 Å². The quantitative estimate of drug-likeness (QED) is 0.791. The maximum Gasteiger partial charge on any atom is 0.341 e. The van der Waals surface area contributed by atoms with Crippen LogP contribution in [0.1, 0.15) is 35.1 Å². The number of carbonyl (C=O) groups is 1. The van der Waals surface area contributed by atoms with Crippen molar-refractivity contribution in [2.45, 2.75) is 20.3 Å². The highest BCUT2D eigenvalue weighted by Crippen LogP contribution is 2.23. The molecule has 96 valence electrons. The second-order valence-corrected chi connectivity index (χ2v) is 3.77. The maximum atomic E-state index is 12.9. The molecule has 0 fully saturated rings. The summed E-state index contributed by atoms with van der Waals surface area (Å²) >= 11 is 0. The van der Waals surface area contributed by atoms with E-state index in [0.29, 0.717) is 5.69 Å². The number of fused-ring (bicyclic) bond motifs is 1. The van der Waals surface area contributed by atoms with Gasteiger partial charge in [-0.1, -0.05) is 0 Å². The highest BCUT2D eigenvalue weighted by atomic mass is 19.3. The molecule has 2 rings (SSSR count). The molecular formula is C12H12F2N2O2. The SMILES string of the molecule is CCOC(=O)c1ccn2c(C(F)F)cc(C)nc12. The van der Waals surface area contributed by atoms with E-state index in [2.05, 4.69) is 4.98 Å². The number of aromatic nitrogens is 2. The van der Waals surface area contributed by atoms with E-state index < -0.39 is 12.4 Å². The van der Waals surface area contributed by atoms with E-state index >= 15 is 0 Å². The van der Waals surface area contributed by atoms with Crippen molar-refractivity contribution in [2.24, 2.45) is 0 Å². The van der Waals surface area contributed by atoms with Crippen molar-refractivity contribution in [1.29, 1.82) is 0 Å². The molecule has 2 aromatic rings. The number of halogens is 2. The van der Waals surface area contributed by atoms with Crippen LogP contribution in [0.2, 0.25) is 0 Å². The number of rotatable bonds is 3. The van der Waals surface area contributed by atoms with Crippen molar-refractivity contribution >= 4 is 11.6 Å². The number of hydrogen-bond donors (Lipinski definition) is 0. The van der Waals surface area contributed by atoms with Crippen LogP contribution in [0, 0.1) is 6.92 Å². The molecule has 0 unspecified atom stereocenters. The lowest BCUT2D eigenvalue weighted by Gasteiger charge is -2.07. The van der Waals surface area contributed by atoms with Gasteiger partial charge in [-0.05, 0) is 26.0 Å². The number of nitrogens with zero attached hydrogens (tertiary/aromatic N) is 2. The molecule has 4 nitrogen and oxygen atoms in total. The molecule has 0 spiro atoms. The van der Waals surface area contributed by atoms with Gasteiger partial charge in [-0.25, -0.2) is 18.6 Å². The largest absolute Gasteiger partial charge is 0.462 e. The van der Waals surface area contributed by atoms with Crippen molar-refractivity contribution in [3.8, 4) is 0 Å². The number of hydrogen-bond acceptors (Lipinski definition) is 3. The topological polar surface area (TPSA) is 43.6 Å². The molecule has 0 saturated carbocycles. The fourth-order valence-electron chi connectivity index (χ4n) is 1.77. The van der Waals surface area contributed by atoms with Crippen molar-refractivity contribution in [1.82, 2.24) is 9.38 Å². The normalized spacial score (nSPS) is 11.2. The first kappa shape index (κ1) is 12.5. The summed E-state index contributed by atoms with van der Waals surface area (Å²) in [4.78, 5) is 15.8. The Balaban J connectivity index is 2.62. The molecule has 2 aromatic heterocycles. The molecule has 0 bridgehead atoms. The second kappa shape index (κ2) is 4.72. The molecule has 0 aliphatic rings. The lowest BCUT2D eigenvalue weighted by Crippen LogP contribution is -2.07. The van der Waals surface area contributed by atoms with Crippen molar-refractivity contribution in [2.75, 3.05) is 6.61 Å². The summed E-state index contributed by atoms with van der Waals surface area (Å²) in [6.07, 6.45) is -1.23. The Kier molecular flexibility index (Phi) is 3.27. The number of aryl methyl sites for hydroxylation is 1. The third-order valence-electron chi connectivity index (χ3n) is 2.50. The average molecular weight is 254 g/mol. The molecular weight excluding hydrogens is 242 g/mol. The summed E-state index contributed by atoms with van der Waals surface area (Å²) in [6, 6.07) is 2.73. The predicted octanol–water partition coefficient (Wildman–Crippen LogP) is 2.76. The van der Waals surface area contributed by atoms with Crippen LogP contribution in [0.3, 0.4) is 0 Å². The zero-order chi connectivity index (χ0) is 13.3. The average Bonchev–Trinajstić information content (AvgIpc) is 2.71. The molecule has 0 aliphatic carbocycles. The van der Waals surface area contributed by atoms with Crippen LogP contribution in [0.15, 0.2) is 18.3 Å². The highest BCUT2D eigenvalue weighted by molar-refractivity contribution is 5.96. The van der Waals surface area contributed by atoms with E-state index in [9.17, 15) is 13.6 Å². The van der Waals surface area contributed by atoms with Gasteiger partial charge in [0, 0.05) is 11.9 Å². The molecule has 0 N–H and O–H groups in total. The number of carbonyl (C=O) groups excluding carboxylic acids is 1. The Morgan fingerprint density at radius 2 is 2.28 bits per heavy atom. The Morgan fingerprint density at radius 1 is 1.56 bits per heavy atom. The minimum Gasteiger partial charge on any atom is -0.462 e. The number of esters is 1. The molecule has 0 saturated heterocycles. The number of ether oxygens (including phenoxy) is 1. The molecule has 0 aromatic carbocycles. The summed E-state index contributed by atoms with van der Waals surface area (Å²) in [7, 11) is 0. The third kappa shape index (κ3) is 2.05. The maximum absolute atomic E-state index is 12.9. The molecule has 6 heteroatoms. The van der Waals surface area contributed by atoms with E-state index in [0.717, 1.165) is 0 Å². The fourth-order valence-corrected chi connectivity index (χ4v) is 1.77. The lowest BCUT2D eigenvalue weighted by molar-refractivity contribution is 0.0528. The van der Waals surface area contributed by atoms with Gasteiger partial charge in [-0.15, -0.1) is 0 Å². The van der Waals surface area contributed by atoms with Crippen LogP contribution in [0.4, 0.5) is 8.78 Å². The third-order valence-corrected chi connectivity index (χ3v) is 2.50. The summed E-state index contributed by atoms with van der Waals surface area (Å²) in [5, 5.41) is 0. The molecule has 0 aliphatic heterocycles. The first-order valence-corrected chi connectivity index (χ1v) is 5.48. The van der Waals surface area contributed by atoms with Gasteiger partial charge >= 0.3 is 5.97 Å². The molecule has 0 radical (unpaired) electrons. The highest BCUT2D eigenvalue weighted by Gasteiger charge is 2.19. The van der Waals surface area contributed by atoms with Crippen LogP contribution in [0.5, 0.6) is 0 Å². The van der Waals surface area contributed by atoms with Gasteiger partial charge in [0.2, 0.25) is 0 Å². The van der Waals surface area contributed by atoms with Crippen LogP contribution in [0.25, 0.3) is 5.65 Å². The Bertz CT molecular complexity index is 593. The summed E-state index contributed by atoms with van der Waals surface area (Å²) in [5.41, 5.74) is 0.640. The summed E-state index contributed by atoms with van der Waals surface area (Å²) in [5.74, 6) is -0.557. The standard InChI is InChI=1S/C12H12F2N2O2/c1-3-18-12(17)8-4-5-16-9(10(13)14)6-7(2)15-11(8)16/h4-6,10H,3H2,1-2H3. The van der Waals surface area contributed by atoms with Crippen LogP contribution in [-0.4, -0.2) is 22.0 Å². The van der Waals surface area contributed by atoms with Gasteiger partial charge < -0.3 is 4.74 Å². The summed E-state index contributed by atoms with van der Waals surface area (Å²) < 4.78 is 31.8. The van der Waals surface area contributed by atoms with E-state index in [-0.39, 0.29) is 23.5 Å². The Hall–Kier alpha value is -1.98. The van der Waals surface area contributed by atoms with E-state index in [4.69, 9.17) is 4.74 Å². The van der Waals surface area contributed by atoms with E-state index in [1.54, 1.807) is 13.8 Å². The van der Waals surface area contributed by atoms with Gasteiger partial charge in [0.1, 0.15) is 5.56 Å². The van der Waals surface area contributed by atoms with Gasteiger partial charge in [0.05, 0.1) is 12.3 Å². The first-order valence-electron chi connectivity index (χ1n) is 5.48. The minimum absolute atomic E-state index is 0.187. The fraction of sp³-hybridized carbons (Fsp3) is 0.333. The molecule has 0 amide bonds. The predicted molar refractivity (Wildman–Crippen MR) is 60.8 cm³/mol. The zero-order valence-corrected chi connectivity index (χ0v) is 9.98. The molecule has 2 heterocycles. The number of alkyl halides is 2. The van der Waals surface area contributed by atoms with E-state index in [1.165, 1.54) is 22.7 Å². The zero-order valence-electron chi connectivity index (χ0n) is 9.98.